The highest BCUT2D eigenvalue weighted by Crippen LogP contribution is 2.33. The van der Waals surface area contributed by atoms with Crippen molar-refractivity contribution in [1.82, 2.24) is 0 Å². The quantitative estimate of drug-likeness (QED) is 0.0393. The molecule has 4 rings (SSSR count). The van der Waals surface area contributed by atoms with E-state index in [0.29, 0.717) is 0 Å². The molecule has 0 N–H and O–H groups in total. The lowest BCUT2D eigenvalue weighted by Crippen LogP contribution is -1.87. The van der Waals surface area contributed by atoms with Crippen molar-refractivity contribution in [3.8, 4) is 0 Å². The molecular formula is C58H88S4. The van der Waals surface area contributed by atoms with Crippen molar-refractivity contribution in [2.75, 3.05) is 0 Å². The summed E-state index contributed by atoms with van der Waals surface area (Å²) in [6.45, 7) is 9.25. The number of hydrogen-bond acceptors (Lipinski definition) is 4. The molecule has 0 fully saturated rings. The Morgan fingerprint density at radius 1 is 0.306 bits per heavy atom. The van der Waals surface area contributed by atoms with Gasteiger partial charge in [-0.25, -0.2) is 0 Å². The first-order valence-electron chi connectivity index (χ1n) is 26.1. The lowest BCUT2D eigenvalue weighted by molar-refractivity contribution is 0.589. The summed E-state index contributed by atoms with van der Waals surface area (Å²) in [7, 11) is 0. The van der Waals surface area contributed by atoms with Crippen molar-refractivity contribution in [1.29, 1.82) is 0 Å². The summed E-state index contributed by atoms with van der Waals surface area (Å²) in [4.78, 5) is 8.63. The molecule has 0 saturated carbocycles. The second-order valence-electron chi connectivity index (χ2n) is 18.2. The maximum absolute atomic E-state index is 2.52. The van der Waals surface area contributed by atoms with Crippen molar-refractivity contribution in [2.24, 2.45) is 0 Å². The Kier molecular flexibility index (Phi) is 29.2. The maximum Gasteiger partial charge on any atom is 0.0309 e. The van der Waals surface area contributed by atoms with Gasteiger partial charge < -0.3 is 0 Å². The van der Waals surface area contributed by atoms with Crippen LogP contribution in [-0.4, -0.2) is 0 Å². The van der Waals surface area contributed by atoms with E-state index in [1.165, 1.54) is 235 Å². The molecule has 0 aromatic carbocycles. The van der Waals surface area contributed by atoms with Crippen LogP contribution in [0.3, 0.4) is 0 Å². The molecule has 0 bridgehead atoms. The van der Waals surface area contributed by atoms with E-state index in [0.717, 1.165) is 0 Å². The van der Waals surface area contributed by atoms with Gasteiger partial charge in [0.15, 0.2) is 0 Å². The van der Waals surface area contributed by atoms with E-state index in [9.17, 15) is 0 Å². The third-order valence-corrected chi connectivity index (χ3v) is 16.7. The fourth-order valence-corrected chi connectivity index (χ4v) is 12.5. The first-order valence-corrected chi connectivity index (χ1v) is 29.5. The molecule has 0 aliphatic rings. The summed E-state index contributed by atoms with van der Waals surface area (Å²) in [5.74, 6) is 0. The molecule has 0 unspecified atom stereocenters. The van der Waals surface area contributed by atoms with E-state index in [1.54, 1.807) is 22.3 Å². The molecule has 0 aliphatic carbocycles. The third kappa shape index (κ3) is 21.8. The Hall–Kier alpha value is -1.98. The maximum atomic E-state index is 2.52. The highest BCUT2D eigenvalue weighted by Gasteiger charge is 2.11. The lowest BCUT2D eigenvalue weighted by atomic mass is 10.0. The highest BCUT2D eigenvalue weighted by atomic mass is 32.1. The van der Waals surface area contributed by atoms with Gasteiger partial charge in [-0.15, -0.1) is 45.3 Å². The average molecular weight is 914 g/mol. The Bertz CT molecular complexity index is 1640. The fraction of sp³-hybridized carbons (Fsp3) is 0.621. The molecule has 4 aromatic heterocycles. The number of thiophene rings is 4. The van der Waals surface area contributed by atoms with Crippen LogP contribution in [0.1, 0.15) is 259 Å². The summed E-state index contributed by atoms with van der Waals surface area (Å²) in [5.41, 5.74) is 6.18. The summed E-state index contributed by atoms with van der Waals surface area (Å²) < 4.78 is 0. The zero-order valence-electron chi connectivity index (χ0n) is 40.2. The van der Waals surface area contributed by atoms with Crippen molar-refractivity contribution in [2.45, 2.75) is 233 Å². The van der Waals surface area contributed by atoms with Crippen LogP contribution in [0.5, 0.6) is 0 Å². The molecule has 0 atom stereocenters. The van der Waals surface area contributed by atoms with Gasteiger partial charge in [-0.1, -0.05) is 182 Å². The van der Waals surface area contributed by atoms with E-state index < -0.39 is 0 Å². The molecular weight excluding hydrogens is 825 g/mol. The van der Waals surface area contributed by atoms with Crippen LogP contribution in [0.25, 0.3) is 36.5 Å². The van der Waals surface area contributed by atoms with Gasteiger partial charge in [0.1, 0.15) is 0 Å². The van der Waals surface area contributed by atoms with E-state index in [-0.39, 0.29) is 0 Å². The number of aryl methyl sites for hydroxylation is 4. The predicted octanol–water partition coefficient (Wildman–Crippen LogP) is 21.6. The first kappa shape index (κ1) is 52.6. The topological polar surface area (TPSA) is 0 Å². The van der Waals surface area contributed by atoms with Gasteiger partial charge in [-0.3, -0.25) is 0 Å². The van der Waals surface area contributed by atoms with Crippen LogP contribution >= 0.6 is 45.3 Å². The monoisotopic (exact) mass is 913 g/mol. The molecule has 62 heavy (non-hydrogen) atoms. The first-order chi connectivity index (χ1) is 30.6. The molecule has 0 spiro atoms. The van der Waals surface area contributed by atoms with Crippen LogP contribution in [0, 0.1) is 0 Å². The number of hydrogen-bond donors (Lipinski definition) is 0. The van der Waals surface area contributed by atoms with E-state index in [1.807, 2.05) is 45.3 Å². The van der Waals surface area contributed by atoms with Crippen molar-refractivity contribution >= 4 is 81.8 Å². The van der Waals surface area contributed by atoms with Crippen LogP contribution in [0.2, 0.25) is 0 Å². The SMILES string of the molecule is CCCCCCCCCc1ccsc1/C=C/c1sc(/C=C/c2cc(CCCCCCCCC)c(/C=C/c3sccc3CCCCCCCCC)s2)cc1CCCCCCCCC. The smallest absolute Gasteiger partial charge is 0.0309 e. The summed E-state index contributed by atoms with van der Waals surface area (Å²) >= 11 is 7.83. The summed E-state index contributed by atoms with van der Waals surface area (Å²) in [5, 5.41) is 4.61. The van der Waals surface area contributed by atoms with Crippen LogP contribution < -0.4 is 0 Å². The Labute approximate surface area is 398 Å². The van der Waals surface area contributed by atoms with E-state index >= 15 is 0 Å². The van der Waals surface area contributed by atoms with E-state index in [4.69, 9.17) is 0 Å². The molecule has 0 nitrogen and oxygen atoms in total. The van der Waals surface area contributed by atoms with Crippen LogP contribution in [0.15, 0.2) is 35.0 Å². The highest BCUT2D eigenvalue weighted by molar-refractivity contribution is 7.15. The van der Waals surface area contributed by atoms with Gasteiger partial charge in [0, 0.05) is 29.3 Å². The molecule has 0 radical (unpaired) electrons. The van der Waals surface area contributed by atoms with Gasteiger partial charge in [0.2, 0.25) is 0 Å². The second kappa shape index (κ2) is 34.4. The lowest BCUT2D eigenvalue weighted by Gasteiger charge is -2.03. The molecule has 0 amide bonds. The molecule has 0 saturated heterocycles. The fourth-order valence-electron chi connectivity index (χ4n) is 8.72. The minimum atomic E-state index is 1.19. The standard InChI is InChI=1S/C58H88S4/c1-5-9-13-17-21-25-29-33-49-43-45-59-55(49)39-41-57-51(35-31-27-23-19-15-11-7-3)47-53(61-57)37-38-54-48-52(36-32-28-24-20-16-12-8-4)58(62-54)42-40-56-50(44-46-60-56)34-30-26-22-18-14-10-6-2/h37-48H,5-36H2,1-4H3/b38-37+,41-39+,42-40+. The van der Waals surface area contributed by atoms with Crippen LogP contribution in [0.4, 0.5) is 0 Å². The van der Waals surface area contributed by atoms with Crippen molar-refractivity contribution < 1.29 is 0 Å². The molecule has 4 heterocycles. The minimum absolute atomic E-state index is 1.19. The second-order valence-corrected chi connectivity index (χ2v) is 22.3. The Balaban J connectivity index is 1.46. The Morgan fingerprint density at radius 3 is 0.903 bits per heavy atom. The largest absolute Gasteiger partial charge is 0.144 e. The van der Waals surface area contributed by atoms with Gasteiger partial charge in [0.25, 0.3) is 0 Å². The zero-order valence-corrected chi connectivity index (χ0v) is 43.5. The molecule has 4 heteroatoms. The van der Waals surface area contributed by atoms with Crippen LogP contribution in [-0.2, 0) is 25.7 Å². The number of unbranched alkanes of at least 4 members (excludes halogenated alkanes) is 24. The summed E-state index contributed by atoms with van der Waals surface area (Å²) in [6.07, 6.45) is 57.7. The van der Waals surface area contributed by atoms with Crippen molar-refractivity contribution in [3.63, 3.8) is 0 Å². The zero-order chi connectivity index (χ0) is 43.7. The molecule has 4 aromatic rings. The summed E-state index contributed by atoms with van der Waals surface area (Å²) in [6, 6.07) is 9.80. The van der Waals surface area contributed by atoms with Crippen molar-refractivity contribution in [3.05, 3.63) is 86.5 Å². The van der Waals surface area contributed by atoms with Gasteiger partial charge in [0.05, 0.1) is 0 Å². The van der Waals surface area contributed by atoms with E-state index in [2.05, 4.69) is 99.2 Å². The normalized spacial score (nSPS) is 12.1. The molecule has 344 valence electrons. The number of rotatable bonds is 38. The molecule has 0 aliphatic heterocycles. The third-order valence-electron chi connectivity index (χ3n) is 12.7. The average Bonchev–Trinajstić information content (AvgIpc) is 4.10. The van der Waals surface area contributed by atoms with Gasteiger partial charge in [-0.2, -0.15) is 0 Å². The Morgan fingerprint density at radius 2 is 0.581 bits per heavy atom. The predicted molar refractivity (Wildman–Crippen MR) is 291 cm³/mol. The van der Waals surface area contributed by atoms with Gasteiger partial charge in [-0.05, 0) is 145 Å². The minimum Gasteiger partial charge on any atom is -0.144 e. The van der Waals surface area contributed by atoms with Gasteiger partial charge >= 0.3 is 0 Å².